The van der Waals surface area contributed by atoms with Crippen molar-refractivity contribution in [3.05, 3.63) is 16.7 Å². The quantitative estimate of drug-likeness (QED) is 0.858. The predicted molar refractivity (Wildman–Crippen MR) is 63.4 cm³/mol. The Bertz CT molecular complexity index is 301. The topological polar surface area (TPSA) is 54.2 Å². The fraction of sp³-hybridized carbons (Fsp3) is 0.444. The van der Waals surface area contributed by atoms with Crippen LogP contribution in [0.1, 0.15) is 0 Å². The van der Waals surface area contributed by atoms with E-state index in [1.165, 1.54) is 0 Å². The summed E-state index contributed by atoms with van der Waals surface area (Å²) in [6, 6.07) is 1.84. The van der Waals surface area contributed by atoms with Gasteiger partial charge in [-0.2, -0.15) is 0 Å². The van der Waals surface area contributed by atoms with E-state index in [4.69, 9.17) is 5.73 Å². The number of likely N-dealkylation sites (N-methyl/N-ethyl adjacent to an activating group) is 1. The minimum absolute atomic E-state index is 0.665. The maximum atomic E-state index is 5.77. The van der Waals surface area contributed by atoms with Gasteiger partial charge in [0, 0.05) is 23.8 Å². The van der Waals surface area contributed by atoms with Crippen LogP contribution in [0, 0.1) is 0 Å². The molecule has 0 amide bonds. The van der Waals surface area contributed by atoms with Gasteiger partial charge >= 0.3 is 0 Å². The summed E-state index contributed by atoms with van der Waals surface area (Å²) in [5, 5.41) is 3.17. The Morgan fingerprint density at radius 3 is 2.86 bits per heavy atom. The zero-order valence-electron chi connectivity index (χ0n) is 8.42. The van der Waals surface area contributed by atoms with E-state index in [9.17, 15) is 0 Å². The van der Waals surface area contributed by atoms with Crippen molar-refractivity contribution in [2.24, 2.45) is 0 Å². The molecule has 5 heteroatoms. The number of anilines is 2. The molecule has 0 saturated heterocycles. The van der Waals surface area contributed by atoms with Crippen molar-refractivity contribution in [1.82, 2.24) is 9.88 Å². The Morgan fingerprint density at radius 2 is 2.29 bits per heavy atom. The lowest BCUT2D eigenvalue weighted by atomic mass is 10.4. The first-order chi connectivity index (χ1) is 6.59. The number of nitrogen functional groups attached to an aromatic ring is 1. The minimum atomic E-state index is 0.665. The van der Waals surface area contributed by atoms with Gasteiger partial charge in [0.1, 0.15) is 5.82 Å². The number of nitrogens with one attached hydrogen (secondary N) is 1. The minimum Gasteiger partial charge on any atom is -0.396 e. The van der Waals surface area contributed by atoms with Gasteiger partial charge in [0.2, 0.25) is 0 Å². The first-order valence-electron chi connectivity index (χ1n) is 4.39. The zero-order chi connectivity index (χ0) is 10.6. The van der Waals surface area contributed by atoms with Crippen molar-refractivity contribution < 1.29 is 0 Å². The molecule has 0 unspecified atom stereocenters. The van der Waals surface area contributed by atoms with E-state index in [0.29, 0.717) is 5.69 Å². The van der Waals surface area contributed by atoms with E-state index >= 15 is 0 Å². The molecule has 1 heterocycles. The molecule has 4 nitrogen and oxygen atoms in total. The van der Waals surface area contributed by atoms with Crippen LogP contribution in [0.5, 0.6) is 0 Å². The van der Waals surface area contributed by atoms with Gasteiger partial charge in [-0.1, -0.05) is 0 Å². The van der Waals surface area contributed by atoms with Gasteiger partial charge < -0.3 is 16.0 Å². The highest BCUT2D eigenvalue weighted by molar-refractivity contribution is 9.10. The first-order valence-corrected chi connectivity index (χ1v) is 5.18. The first kappa shape index (κ1) is 11.3. The molecule has 0 spiro atoms. The molecule has 0 bridgehead atoms. The fourth-order valence-corrected chi connectivity index (χ4v) is 1.35. The van der Waals surface area contributed by atoms with Crippen LogP contribution in [-0.2, 0) is 0 Å². The summed E-state index contributed by atoms with van der Waals surface area (Å²) in [5.41, 5.74) is 6.43. The average Bonchev–Trinajstić information content (AvgIpc) is 2.08. The van der Waals surface area contributed by atoms with Crippen molar-refractivity contribution in [3.63, 3.8) is 0 Å². The number of nitrogens with zero attached hydrogens (tertiary/aromatic N) is 2. The Morgan fingerprint density at radius 1 is 1.57 bits per heavy atom. The molecule has 1 rings (SSSR count). The average molecular weight is 259 g/mol. The van der Waals surface area contributed by atoms with E-state index in [-0.39, 0.29) is 0 Å². The third-order valence-corrected chi connectivity index (χ3v) is 2.17. The van der Waals surface area contributed by atoms with E-state index < -0.39 is 0 Å². The molecule has 0 aliphatic rings. The molecule has 0 saturated carbocycles. The molecule has 3 N–H and O–H groups in total. The second kappa shape index (κ2) is 5.17. The van der Waals surface area contributed by atoms with Crippen molar-refractivity contribution in [3.8, 4) is 0 Å². The number of nitrogens with two attached hydrogens (primary N) is 1. The maximum Gasteiger partial charge on any atom is 0.149 e. The van der Waals surface area contributed by atoms with E-state index in [1.807, 2.05) is 20.2 Å². The number of pyridine rings is 1. The van der Waals surface area contributed by atoms with Crippen LogP contribution >= 0.6 is 15.9 Å². The molecule has 0 aliphatic carbocycles. The summed E-state index contributed by atoms with van der Waals surface area (Å²) >= 11 is 3.31. The third kappa shape index (κ3) is 3.51. The Kier molecular flexibility index (Phi) is 4.16. The second-order valence-corrected chi connectivity index (χ2v) is 4.24. The van der Waals surface area contributed by atoms with Gasteiger partial charge in [0.15, 0.2) is 0 Å². The SMILES string of the molecule is CN(C)CCNc1ncc(Br)cc1N. The molecule has 1 aromatic heterocycles. The van der Waals surface area contributed by atoms with Gasteiger partial charge in [-0.15, -0.1) is 0 Å². The molecular weight excluding hydrogens is 244 g/mol. The van der Waals surface area contributed by atoms with Crippen LogP contribution in [0.15, 0.2) is 16.7 Å². The van der Waals surface area contributed by atoms with Crippen LogP contribution in [0.2, 0.25) is 0 Å². The summed E-state index contributed by atoms with van der Waals surface area (Å²) in [6.45, 7) is 1.79. The third-order valence-electron chi connectivity index (χ3n) is 1.74. The molecule has 0 atom stereocenters. The molecule has 14 heavy (non-hydrogen) atoms. The molecule has 1 aromatic rings. The Labute approximate surface area is 92.6 Å². The molecule has 0 radical (unpaired) electrons. The highest BCUT2D eigenvalue weighted by atomic mass is 79.9. The molecular formula is C9H15BrN4. The van der Waals surface area contributed by atoms with Crippen molar-refractivity contribution in [2.75, 3.05) is 38.2 Å². The summed E-state index contributed by atoms with van der Waals surface area (Å²) in [4.78, 5) is 6.27. The van der Waals surface area contributed by atoms with Crippen molar-refractivity contribution >= 4 is 27.4 Å². The van der Waals surface area contributed by atoms with E-state index in [2.05, 4.69) is 31.1 Å². The van der Waals surface area contributed by atoms with E-state index in [0.717, 1.165) is 23.4 Å². The lowest BCUT2D eigenvalue weighted by Crippen LogP contribution is -2.21. The smallest absolute Gasteiger partial charge is 0.149 e. The van der Waals surface area contributed by atoms with Gasteiger partial charge in [0.05, 0.1) is 5.69 Å². The number of rotatable bonds is 4. The van der Waals surface area contributed by atoms with Crippen LogP contribution < -0.4 is 11.1 Å². The maximum absolute atomic E-state index is 5.77. The number of halogens is 1. The molecule has 78 valence electrons. The number of aromatic nitrogens is 1. The van der Waals surface area contributed by atoms with Crippen LogP contribution in [0.4, 0.5) is 11.5 Å². The van der Waals surface area contributed by atoms with Crippen molar-refractivity contribution in [1.29, 1.82) is 0 Å². The highest BCUT2D eigenvalue weighted by Crippen LogP contribution is 2.19. The largest absolute Gasteiger partial charge is 0.396 e. The second-order valence-electron chi connectivity index (χ2n) is 3.32. The fourth-order valence-electron chi connectivity index (χ4n) is 1.00. The van der Waals surface area contributed by atoms with Crippen LogP contribution in [-0.4, -0.2) is 37.1 Å². The van der Waals surface area contributed by atoms with Crippen LogP contribution in [0.25, 0.3) is 0 Å². The van der Waals surface area contributed by atoms with E-state index in [1.54, 1.807) is 6.20 Å². The standard InChI is InChI=1S/C9H15BrN4/c1-14(2)4-3-12-9-8(11)5-7(10)6-13-9/h5-6H,3-4,11H2,1-2H3,(H,12,13). The lowest BCUT2D eigenvalue weighted by molar-refractivity contribution is 0.425. The number of hydrogen-bond donors (Lipinski definition) is 2. The Balaban J connectivity index is 2.51. The van der Waals surface area contributed by atoms with Gasteiger partial charge in [-0.05, 0) is 36.1 Å². The van der Waals surface area contributed by atoms with Gasteiger partial charge in [-0.3, -0.25) is 0 Å². The molecule has 0 aliphatic heterocycles. The predicted octanol–water partition coefficient (Wildman–Crippen LogP) is 1.40. The van der Waals surface area contributed by atoms with Gasteiger partial charge in [-0.25, -0.2) is 4.98 Å². The van der Waals surface area contributed by atoms with Gasteiger partial charge in [0.25, 0.3) is 0 Å². The zero-order valence-corrected chi connectivity index (χ0v) is 10.0. The summed E-state index contributed by atoms with van der Waals surface area (Å²) in [7, 11) is 4.06. The Hall–Kier alpha value is -0.810. The normalized spacial score (nSPS) is 10.6. The summed E-state index contributed by atoms with van der Waals surface area (Å²) in [6.07, 6.45) is 1.73. The summed E-state index contributed by atoms with van der Waals surface area (Å²) < 4.78 is 0.896. The highest BCUT2D eigenvalue weighted by Gasteiger charge is 2.00. The number of hydrogen-bond acceptors (Lipinski definition) is 4. The van der Waals surface area contributed by atoms with Crippen molar-refractivity contribution in [2.45, 2.75) is 0 Å². The molecule has 0 aromatic carbocycles. The lowest BCUT2D eigenvalue weighted by Gasteiger charge is -2.12. The monoisotopic (exact) mass is 258 g/mol. The van der Waals surface area contributed by atoms with Crippen LogP contribution in [0.3, 0.4) is 0 Å². The summed E-state index contributed by atoms with van der Waals surface area (Å²) in [5.74, 6) is 0.745. The molecule has 0 fully saturated rings.